The van der Waals surface area contributed by atoms with E-state index in [2.05, 4.69) is 20.7 Å². The first-order valence-electron chi connectivity index (χ1n) is 3.95. The van der Waals surface area contributed by atoms with Gasteiger partial charge in [-0.2, -0.15) is 0 Å². The first-order chi connectivity index (χ1) is 6.56. The molecule has 0 N–H and O–H groups in total. The second kappa shape index (κ2) is 4.37. The summed E-state index contributed by atoms with van der Waals surface area (Å²) < 4.78 is 5.13. The Hall–Kier alpha value is -1.16. The molecule has 0 fully saturated rings. The van der Waals surface area contributed by atoms with Crippen LogP contribution in [0.3, 0.4) is 0 Å². The van der Waals surface area contributed by atoms with E-state index in [1.54, 1.807) is 18.2 Å². The van der Waals surface area contributed by atoms with Crippen molar-refractivity contribution in [1.82, 2.24) is 0 Å². The molecule has 0 bridgehead atoms. The maximum Gasteiger partial charge on any atom is 0.379 e. The molecule has 0 aliphatic rings. The molecule has 74 valence electrons. The molecule has 0 spiro atoms. The minimum Gasteiger partial charge on any atom is -0.463 e. The Morgan fingerprint density at radius 1 is 1.36 bits per heavy atom. The molecule has 0 aliphatic carbocycles. The largest absolute Gasteiger partial charge is 0.463 e. The van der Waals surface area contributed by atoms with E-state index in [4.69, 9.17) is 0 Å². The van der Waals surface area contributed by atoms with Crippen molar-refractivity contribution in [2.75, 3.05) is 7.11 Å². The Balaban J connectivity index is 3.03. The average molecular weight is 257 g/mol. The second-order valence-electron chi connectivity index (χ2n) is 2.78. The van der Waals surface area contributed by atoms with E-state index >= 15 is 0 Å². The Morgan fingerprint density at radius 2 is 2.00 bits per heavy atom. The van der Waals surface area contributed by atoms with Gasteiger partial charge in [0.25, 0.3) is 5.78 Å². The van der Waals surface area contributed by atoms with Crippen LogP contribution >= 0.6 is 15.9 Å². The molecule has 0 radical (unpaired) electrons. The molecule has 0 heterocycles. The van der Waals surface area contributed by atoms with Crippen molar-refractivity contribution in [3.8, 4) is 0 Å². The van der Waals surface area contributed by atoms with Crippen molar-refractivity contribution in [2.45, 2.75) is 6.92 Å². The van der Waals surface area contributed by atoms with Crippen molar-refractivity contribution in [1.29, 1.82) is 0 Å². The Bertz CT molecular complexity index is 385. The Morgan fingerprint density at radius 3 is 2.50 bits per heavy atom. The number of rotatable bonds is 2. The lowest BCUT2D eigenvalue weighted by Crippen LogP contribution is -2.15. The summed E-state index contributed by atoms with van der Waals surface area (Å²) in [7, 11) is 1.18. The van der Waals surface area contributed by atoms with Crippen LogP contribution in [-0.2, 0) is 9.53 Å². The number of halogens is 1. The lowest BCUT2D eigenvalue weighted by Gasteiger charge is -2.01. The van der Waals surface area contributed by atoms with Crippen LogP contribution in [0.15, 0.2) is 22.7 Å². The summed E-state index contributed by atoms with van der Waals surface area (Å²) in [6.07, 6.45) is 0. The van der Waals surface area contributed by atoms with E-state index in [0.29, 0.717) is 5.56 Å². The average Bonchev–Trinajstić information content (AvgIpc) is 2.20. The third-order valence-corrected chi connectivity index (χ3v) is 2.66. The van der Waals surface area contributed by atoms with Gasteiger partial charge in [0.15, 0.2) is 0 Å². The van der Waals surface area contributed by atoms with Crippen LogP contribution < -0.4 is 0 Å². The number of methoxy groups -OCH3 is 1. The van der Waals surface area contributed by atoms with E-state index in [1.165, 1.54) is 7.11 Å². The number of hydrogen-bond acceptors (Lipinski definition) is 3. The van der Waals surface area contributed by atoms with Gasteiger partial charge in [0.2, 0.25) is 0 Å². The second-order valence-corrected chi connectivity index (χ2v) is 3.64. The highest BCUT2D eigenvalue weighted by molar-refractivity contribution is 9.10. The van der Waals surface area contributed by atoms with E-state index in [1.807, 2.05) is 6.92 Å². The molecule has 0 aliphatic heterocycles. The van der Waals surface area contributed by atoms with Gasteiger partial charge in [-0.1, -0.05) is 28.1 Å². The van der Waals surface area contributed by atoms with Crippen molar-refractivity contribution < 1.29 is 14.3 Å². The molecular weight excluding hydrogens is 248 g/mol. The smallest absolute Gasteiger partial charge is 0.379 e. The fourth-order valence-corrected chi connectivity index (χ4v) is 1.32. The van der Waals surface area contributed by atoms with Gasteiger partial charge in [0.05, 0.1) is 7.11 Å². The summed E-state index contributed by atoms with van der Waals surface area (Å²) in [5.74, 6) is -1.48. The molecular formula is C10H9BrO3. The fourth-order valence-electron chi connectivity index (χ4n) is 0.945. The van der Waals surface area contributed by atoms with Crippen molar-refractivity contribution in [3.05, 3.63) is 33.8 Å². The topological polar surface area (TPSA) is 43.4 Å². The lowest BCUT2D eigenvalue weighted by atomic mass is 10.1. The molecule has 0 aromatic heterocycles. The predicted octanol–water partition coefficient (Wildman–Crippen LogP) is 2.11. The molecule has 14 heavy (non-hydrogen) atoms. The molecule has 3 nitrogen and oxygen atoms in total. The van der Waals surface area contributed by atoms with E-state index in [9.17, 15) is 9.59 Å². The number of carbonyl (C=O) groups is 2. The van der Waals surface area contributed by atoms with Crippen LogP contribution in [-0.4, -0.2) is 18.9 Å². The zero-order valence-corrected chi connectivity index (χ0v) is 9.42. The standard InChI is InChI=1S/C10H9BrO3/c1-6-3-4-7(5-8(6)11)9(12)10(13)14-2/h3-5H,1-2H3. The highest BCUT2D eigenvalue weighted by Gasteiger charge is 2.16. The minimum absolute atomic E-state index is 0.328. The third kappa shape index (κ3) is 2.20. The molecule has 1 aromatic carbocycles. The van der Waals surface area contributed by atoms with Gasteiger partial charge in [-0.15, -0.1) is 0 Å². The maximum atomic E-state index is 11.3. The van der Waals surface area contributed by atoms with Crippen LogP contribution in [0.25, 0.3) is 0 Å². The Labute approximate surface area is 90.2 Å². The normalized spacial score (nSPS) is 9.64. The molecule has 4 heteroatoms. The quantitative estimate of drug-likeness (QED) is 0.463. The molecule has 1 rings (SSSR count). The van der Waals surface area contributed by atoms with Crippen LogP contribution in [0.5, 0.6) is 0 Å². The van der Waals surface area contributed by atoms with Gasteiger partial charge < -0.3 is 4.74 Å². The minimum atomic E-state index is -0.847. The van der Waals surface area contributed by atoms with E-state index in [-0.39, 0.29) is 0 Å². The van der Waals surface area contributed by atoms with Crippen LogP contribution in [0.2, 0.25) is 0 Å². The monoisotopic (exact) mass is 256 g/mol. The number of ether oxygens (including phenoxy) is 1. The van der Waals surface area contributed by atoms with Gasteiger partial charge in [-0.3, -0.25) is 4.79 Å². The zero-order valence-electron chi connectivity index (χ0n) is 7.83. The predicted molar refractivity (Wildman–Crippen MR) is 55.2 cm³/mol. The SMILES string of the molecule is COC(=O)C(=O)c1ccc(C)c(Br)c1. The number of ketones is 1. The van der Waals surface area contributed by atoms with Crippen LogP contribution in [0.4, 0.5) is 0 Å². The van der Waals surface area contributed by atoms with E-state index in [0.717, 1.165) is 10.0 Å². The first-order valence-corrected chi connectivity index (χ1v) is 4.74. The molecule has 0 atom stereocenters. The molecule has 0 amide bonds. The van der Waals surface area contributed by atoms with Crippen molar-refractivity contribution in [3.63, 3.8) is 0 Å². The zero-order chi connectivity index (χ0) is 10.7. The molecule has 0 saturated heterocycles. The summed E-state index contributed by atoms with van der Waals surface area (Å²) in [6.45, 7) is 1.90. The van der Waals surface area contributed by atoms with Gasteiger partial charge in [0.1, 0.15) is 0 Å². The van der Waals surface area contributed by atoms with Gasteiger partial charge in [-0.05, 0) is 18.6 Å². The highest BCUT2D eigenvalue weighted by Crippen LogP contribution is 2.17. The van der Waals surface area contributed by atoms with Gasteiger partial charge in [0, 0.05) is 10.0 Å². The summed E-state index contributed by atoms with van der Waals surface area (Å²) >= 11 is 3.28. The van der Waals surface area contributed by atoms with Crippen LogP contribution in [0, 0.1) is 6.92 Å². The summed E-state index contributed by atoms with van der Waals surface area (Å²) in [4.78, 5) is 22.3. The number of aryl methyl sites for hydroxylation is 1. The summed E-state index contributed by atoms with van der Waals surface area (Å²) in [5, 5.41) is 0. The van der Waals surface area contributed by atoms with E-state index < -0.39 is 11.8 Å². The molecule has 0 unspecified atom stereocenters. The maximum absolute atomic E-state index is 11.3. The number of carbonyl (C=O) groups excluding carboxylic acids is 2. The lowest BCUT2D eigenvalue weighted by molar-refractivity contribution is -0.135. The van der Waals surface area contributed by atoms with Gasteiger partial charge >= 0.3 is 5.97 Å². The number of benzene rings is 1. The first kappa shape index (κ1) is 10.9. The highest BCUT2D eigenvalue weighted by atomic mass is 79.9. The van der Waals surface area contributed by atoms with Crippen LogP contribution in [0.1, 0.15) is 15.9 Å². The molecule has 1 aromatic rings. The van der Waals surface area contributed by atoms with Crippen molar-refractivity contribution in [2.24, 2.45) is 0 Å². The summed E-state index contributed by atoms with van der Waals surface area (Å²) in [6, 6.07) is 4.97. The number of Topliss-reactive ketones (excluding diaryl/α,β-unsaturated/α-hetero) is 1. The third-order valence-electron chi connectivity index (χ3n) is 1.80. The van der Waals surface area contributed by atoms with Crippen molar-refractivity contribution >= 4 is 27.7 Å². The Kier molecular flexibility index (Phi) is 3.41. The summed E-state index contributed by atoms with van der Waals surface area (Å²) in [5.41, 5.74) is 1.33. The number of esters is 1. The fraction of sp³-hybridized carbons (Fsp3) is 0.200. The van der Waals surface area contributed by atoms with Gasteiger partial charge in [-0.25, -0.2) is 4.79 Å². The number of hydrogen-bond donors (Lipinski definition) is 0. The molecule has 0 saturated carbocycles.